The molecule has 18 nitrogen and oxygen atoms in total. The van der Waals surface area contributed by atoms with E-state index in [9.17, 15) is 43.5 Å². The zero-order valence-corrected chi connectivity index (χ0v) is 31.9. The lowest BCUT2D eigenvalue weighted by Gasteiger charge is -2.35. The smallest absolute Gasteiger partial charge is 0.247 e. The summed E-state index contributed by atoms with van der Waals surface area (Å²) in [5.74, 6) is -6.42. The van der Waals surface area contributed by atoms with Crippen molar-refractivity contribution < 1.29 is 43.5 Å². The largest absolute Gasteiger partial charge is 0.391 e. The molecule has 55 heavy (non-hydrogen) atoms. The number of nitrogens with one attached hydrogen (secondary N) is 6. The molecule has 2 aliphatic rings. The minimum Gasteiger partial charge on any atom is -0.391 e. The van der Waals surface area contributed by atoms with E-state index in [1.807, 2.05) is 18.4 Å². The SMILES string of the molecule is Cc1ccsc1-c1ccc([C@H]2NC(=O)[C@@H]3C[C@@H](O)CN3C(=O)[C@H](C(C)(C)C)NC(=O)CNC(=O)[C@H](CCC(N)=O)NC(=O)[C@@H](CN)NC(=O)CNC2=O)cc1. The number of aryl methyl sites for hydroxylation is 1. The summed E-state index contributed by atoms with van der Waals surface area (Å²) in [6.07, 6.45) is -1.84. The van der Waals surface area contributed by atoms with Crippen LogP contribution in [0.3, 0.4) is 0 Å². The Morgan fingerprint density at radius 1 is 0.855 bits per heavy atom. The van der Waals surface area contributed by atoms with E-state index in [4.69, 9.17) is 11.5 Å². The quantitative estimate of drug-likeness (QED) is 0.153. The van der Waals surface area contributed by atoms with Gasteiger partial charge in [0, 0.05) is 30.8 Å². The third-order valence-electron chi connectivity index (χ3n) is 9.25. The summed E-state index contributed by atoms with van der Waals surface area (Å²) < 4.78 is 0. The second-order valence-electron chi connectivity index (χ2n) is 14.6. The number of aliphatic hydroxyl groups excluding tert-OH is 1. The first-order valence-electron chi connectivity index (χ1n) is 17.8. The predicted molar refractivity (Wildman–Crippen MR) is 200 cm³/mol. The van der Waals surface area contributed by atoms with Crippen molar-refractivity contribution in [3.63, 3.8) is 0 Å². The topological polar surface area (TPSA) is 284 Å². The van der Waals surface area contributed by atoms with Crippen molar-refractivity contribution >= 4 is 58.6 Å². The van der Waals surface area contributed by atoms with Crippen molar-refractivity contribution in [1.29, 1.82) is 0 Å². The highest BCUT2D eigenvalue weighted by Crippen LogP contribution is 2.31. The second kappa shape index (κ2) is 18.3. The van der Waals surface area contributed by atoms with Crippen LogP contribution in [-0.4, -0.2) is 114 Å². The van der Waals surface area contributed by atoms with Crippen LogP contribution < -0.4 is 43.4 Å². The molecule has 19 heteroatoms. The van der Waals surface area contributed by atoms with Gasteiger partial charge in [-0.1, -0.05) is 45.0 Å². The number of hydrogen-bond acceptors (Lipinski definition) is 11. The number of nitrogens with two attached hydrogens (primary N) is 2. The molecule has 4 rings (SSSR count). The molecule has 2 aromatic rings. The summed E-state index contributed by atoms with van der Waals surface area (Å²) in [7, 11) is 0. The van der Waals surface area contributed by atoms with Crippen molar-refractivity contribution in [3.05, 3.63) is 46.8 Å². The molecule has 6 atom stereocenters. The third kappa shape index (κ3) is 11.1. The number of carbonyl (C=O) groups excluding carboxylic acids is 8. The molecule has 0 aliphatic carbocycles. The van der Waals surface area contributed by atoms with Crippen molar-refractivity contribution in [3.8, 4) is 10.4 Å². The lowest BCUT2D eigenvalue weighted by molar-refractivity contribution is -0.144. The molecule has 0 bridgehead atoms. The minimum absolute atomic E-state index is 0.167. The zero-order chi connectivity index (χ0) is 40.6. The summed E-state index contributed by atoms with van der Waals surface area (Å²) in [5, 5.41) is 27.6. The summed E-state index contributed by atoms with van der Waals surface area (Å²) >= 11 is 1.54. The molecule has 1 aromatic heterocycles. The van der Waals surface area contributed by atoms with E-state index in [1.165, 1.54) is 11.3 Å². The van der Waals surface area contributed by atoms with E-state index in [1.54, 1.807) is 45.0 Å². The van der Waals surface area contributed by atoms with E-state index in [2.05, 4.69) is 31.9 Å². The number of nitrogens with zero attached hydrogens (tertiary/aromatic N) is 1. The predicted octanol–water partition coefficient (Wildman–Crippen LogP) is -2.19. The first-order chi connectivity index (χ1) is 25.9. The van der Waals surface area contributed by atoms with Gasteiger partial charge in [0.15, 0.2) is 0 Å². The molecule has 0 spiro atoms. The summed E-state index contributed by atoms with van der Waals surface area (Å²) in [6, 6.07) is 2.20. The summed E-state index contributed by atoms with van der Waals surface area (Å²) in [4.78, 5) is 108. The molecular formula is C36H49N9O9S. The van der Waals surface area contributed by atoms with Crippen LogP contribution in [0.25, 0.3) is 10.4 Å². The van der Waals surface area contributed by atoms with E-state index < -0.39 is 109 Å². The van der Waals surface area contributed by atoms with Crippen LogP contribution in [0.1, 0.15) is 57.2 Å². The number of primary amides is 1. The Bertz CT molecular complexity index is 1790. The molecule has 0 saturated carbocycles. The number of thiophene rings is 1. The van der Waals surface area contributed by atoms with E-state index >= 15 is 0 Å². The highest BCUT2D eigenvalue weighted by atomic mass is 32.1. The third-order valence-corrected chi connectivity index (χ3v) is 10.3. The molecule has 1 aromatic carbocycles. The maximum absolute atomic E-state index is 14.1. The first-order valence-corrected chi connectivity index (χ1v) is 18.6. The standard InChI is InChI=1S/C36H49N9O9S/c1-18-11-12-55-29(18)20-7-5-19(6-8-20)28-34(53)40-15-26(48)41-23(14-37)32(51)42-22(9-10-25(38)47)31(50)39-16-27(49)43-30(36(2,3)4)35(54)45-17-21(46)13-24(45)33(52)44-28/h5-8,11-12,21-24,28,30,46H,9-10,13-17,37H2,1-4H3,(H2,38,47)(H,39,50)(H,40,53)(H,41,48)(H,42,51)(H,43,49)(H,44,52)/t21-,22+,23-,24+,28-,30-/m1/s1. The fourth-order valence-electron chi connectivity index (χ4n) is 6.23. The fraction of sp³-hybridized carbons (Fsp3) is 0.500. The van der Waals surface area contributed by atoms with Gasteiger partial charge in [0.25, 0.3) is 0 Å². The number of fused-ring (bicyclic) bond motifs is 1. The van der Waals surface area contributed by atoms with E-state index in [-0.39, 0.29) is 25.8 Å². The van der Waals surface area contributed by atoms with Gasteiger partial charge in [-0.25, -0.2) is 0 Å². The Morgan fingerprint density at radius 3 is 2.07 bits per heavy atom. The maximum atomic E-state index is 14.1. The minimum atomic E-state index is -1.38. The highest BCUT2D eigenvalue weighted by Gasteiger charge is 2.45. The van der Waals surface area contributed by atoms with Gasteiger partial charge in [-0.15, -0.1) is 11.3 Å². The molecular weight excluding hydrogens is 735 g/mol. The Labute approximate surface area is 321 Å². The molecule has 2 fully saturated rings. The van der Waals surface area contributed by atoms with Crippen LogP contribution in [-0.2, 0) is 38.4 Å². The molecule has 298 valence electrons. The Balaban J connectivity index is 1.71. The lowest BCUT2D eigenvalue weighted by atomic mass is 9.85. The molecule has 11 N–H and O–H groups in total. The average Bonchev–Trinajstić information content (AvgIpc) is 3.75. The molecule has 3 heterocycles. The first kappa shape index (κ1) is 42.3. The Kier molecular flexibility index (Phi) is 14.1. The highest BCUT2D eigenvalue weighted by molar-refractivity contribution is 7.13. The van der Waals surface area contributed by atoms with E-state index in [0.29, 0.717) is 5.56 Å². The monoisotopic (exact) mass is 783 g/mol. The van der Waals surface area contributed by atoms with Gasteiger partial charge >= 0.3 is 0 Å². The van der Waals surface area contributed by atoms with Crippen molar-refractivity contribution in [2.45, 2.75) is 83.3 Å². The molecule has 0 unspecified atom stereocenters. The van der Waals surface area contributed by atoms with Crippen LogP contribution >= 0.6 is 11.3 Å². The van der Waals surface area contributed by atoms with Crippen molar-refractivity contribution in [2.24, 2.45) is 16.9 Å². The number of hydrogen-bond donors (Lipinski definition) is 9. The molecule has 2 saturated heterocycles. The zero-order valence-electron chi connectivity index (χ0n) is 31.1. The van der Waals surface area contributed by atoms with Crippen LogP contribution in [0.15, 0.2) is 35.7 Å². The van der Waals surface area contributed by atoms with Gasteiger partial charge < -0.3 is 53.4 Å². The lowest BCUT2D eigenvalue weighted by Crippen LogP contribution is -2.59. The molecule has 0 radical (unpaired) electrons. The van der Waals surface area contributed by atoms with Crippen LogP contribution in [0.5, 0.6) is 0 Å². The fourth-order valence-corrected chi connectivity index (χ4v) is 7.17. The average molecular weight is 784 g/mol. The number of amides is 8. The molecule has 2 aliphatic heterocycles. The number of aliphatic hydroxyl groups is 1. The van der Waals surface area contributed by atoms with Gasteiger partial charge in [-0.3, -0.25) is 38.4 Å². The van der Waals surface area contributed by atoms with E-state index in [0.717, 1.165) is 20.9 Å². The van der Waals surface area contributed by atoms with Crippen molar-refractivity contribution in [1.82, 2.24) is 36.8 Å². The number of benzene rings is 1. The second-order valence-corrected chi connectivity index (χ2v) is 15.5. The summed E-state index contributed by atoms with van der Waals surface area (Å²) in [6.45, 7) is 5.04. The normalized spacial score (nSPS) is 25.3. The maximum Gasteiger partial charge on any atom is 0.247 e. The summed E-state index contributed by atoms with van der Waals surface area (Å²) in [5.41, 5.74) is 12.4. The number of carbonyl (C=O) groups is 8. The Morgan fingerprint density at radius 2 is 1.49 bits per heavy atom. The van der Waals surface area contributed by atoms with Crippen LogP contribution in [0, 0.1) is 12.3 Å². The van der Waals surface area contributed by atoms with Crippen LogP contribution in [0.2, 0.25) is 0 Å². The van der Waals surface area contributed by atoms with Crippen molar-refractivity contribution in [2.75, 3.05) is 26.2 Å². The van der Waals surface area contributed by atoms with Crippen LogP contribution in [0.4, 0.5) is 0 Å². The van der Waals surface area contributed by atoms with Gasteiger partial charge in [0.05, 0.1) is 19.2 Å². The van der Waals surface area contributed by atoms with Gasteiger partial charge in [0.1, 0.15) is 30.2 Å². The number of rotatable bonds is 6. The van der Waals surface area contributed by atoms with Gasteiger partial charge in [-0.05, 0) is 46.9 Å². The Hall–Kier alpha value is -5.40. The van der Waals surface area contributed by atoms with Gasteiger partial charge in [0.2, 0.25) is 47.3 Å². The molecule has 8 amide bonds. The van der Waals surface area contributed by atoms with Gasteiger partial charge in [-0.2, -0.15) is 0 Å².